The van der Waals surface area contributed by atoms with Crippen LogP contribution < -0.4 is 0 Å². The van der Waals surface area contributed by atoms with E-state index in [9.17, 15) is 14.4 Å². The van der Waals surface area contributed by atoms with Crippen molar-refractivity contribution in [3.63, 3.8) is 0 Å². The molecule has 0 saturated heterocycles. The molecule has 176 valence electrons. The van der Waals surface area contributed by atoms with E-state index in [4.69, 9.17) is 14.2 Å². The van der Waals surface area contributed by atoms with Gasteiger partial charge in [0, 0.05) is 6.07 Å². The highest BCUT2D eigenvalue weighted by Gasteiger charge is 2.26. The van der Waals surface area contributed by atoms with Gasteiger partial charge in [-0.25, -0.2) is 14.4 Å². The third-order valence-corrected chi connectivity index (χ3v) is 4.93. The molecule has 0 atom stereocenters. The third kappa shape index (κ3) is 6.42. The number of benzene rings is 3. The minimum absolute atomic E-state index is 0.0127. The summed E-state index contributed by atoms with van der Waals surface area (Å²) < 4.78 is 16.6. The first-order valence-corrected chi connectivity index (χ1v) is 10.8. The summed E-state index contributed by atoms with van der Waals surface area (Å²) in [6.45, 7) is -0.0394. The topological polar surface area (TPSA) is 96.7 Å². The average Bonchev–Trinajstić information content (AvgIpc) is 3.37. The summed E-state index contributed by atoms with van der Waals surface area (Å²) in [7, 11) is 0. The van der Waals surface area contributed by atoms with Crippen molar-refractivity contribution >= 4 is 18.0 Å². The summed E-state index contributed by atoms with van der Waals surface area (Å²) in [4.78, 5) is 38.1. The van der Waals surface area contributed by atoms with Crippen molar-refractivity contribution in [2.45, 2.75) is 19.8 Å². The minimum Gasteiger partial charge on any atom is -0.456 e. The lowest BCUT2D eigenvalue weighted by Gasteiger charge is -2.08. The molecule has 0 N–H and O–H groups in total. The standard InChI is InChI=1S/C27H22N2O6/c30-25(33-17-20-10-4-1-5-11-20)23-16-24(26(31)34-18-21-12-6-2-7-13-21)29(28-23)27(32)35-19-22-14-8-3-9-15-22/h1-16H,17-19H2. The number of nitrogens with zero attached hydrogens (tertiary/aromatic N) is 2. The largest absolute Gasteiger partial charge is 0.456 e. The number of hydrogen-bond acceptors (Lipinski definition) is 7. The van der Waals surface area contributed by atoms with Gasteiger partial charge in [-0.15, -0.1) is 0 Å². The zero-order valence-electron chi connectivity index (χ0n) is 18.7. The SMILES string of the molecule is O=C(OCc1ccccc1)c1cc(C(=O)OCc2ccccc2)n(C(=O)OCc2ccccc2)n1. The van der Waals surface area contributed by atoms with Crippen LogP contribution in [-0.4, -0.2) is 27.8 Å². The molecule has 0 radical (unpaired) electrons. The number of rotatable bonds is 8. The van der Waals surface area contributed by atoms with Crippen LogP contribution in [-0.2, 0) is 34.0 Å². The second-order valence-electron chi connectivity index (χ2n) is 7.49. The van der Waals surface area contributed by atoms with Crippen LogP contribution in [0.5, 0.6) is 0 Å². The predicted molar refractivity (Wildman–Crippen MR) is 125 cm³/mol. The van der Waals surface area contributed by atoms with E-state index in [0.717, 1.165) is 27.4 Å². The molecule has 0 amide bonds. The molecule has 4 rings (SSSR count). The van der Waals surface area contributed by atoms with Gasteiger partial charge in [-0.2, -0.15) is 9.78 Å². The van der Waals surface area contributed by atoms with Gasteiger partial charge in [0.05, 0.1) is 0 Å². The molecule has 35 heavy (non-hydrogen) atoms. The monoisotopic (exact) mass is 470 g/mol. The van der Waals surface area contributed by atoms with Crippen molar-refractivity contribution in [2.75, 3.05) is 0 Å². The Balaban J connectivity index is 1.50. The highest BCUT2D eigenvalue weighted by atomic mass is 16.6. The highest BCUT2D eigenvalue weighted by molar-refractivity contribution is 5.96. The predicted octanol–water partition coefficient (Wildman–Crippen LogP) is 4.78. The van der Waals surface area contributed by atoms with Gasteiger partial charge in [0.1, 0.15) is 19.8 Å². The molecule has 0 saturated carbocycles. The van der Waals surface area contributed by atoms with Crippen molar-refractivity contribution in [1.82, 2.24) is 9.78 Å². The Bertz CT molecular complexity index is 1210. The van der Waals surface area contributed by atoms with Crippen molar-refractivity contribution in [3.8, 4) is 0 Å². The van der Waals surface area contributed by atoms with Gasteiger partial charge < -0.3 is 14.2 Å². The molecule has 0 aliphatic carbocycles. The summed E-state index contributed by atoms with van der Waals surface area (Å²) in [5.41, 5.74) is 1.84. The van der Waals surface area contributed by atoms with Crippen LogP contribution >= 0.6 is 0 Å². The Labute approximate surface area is 201 Å². The van der Waals surface area contributed by atoms with E-state index in [1.54, 1.807) is 36.4 Å². The first kappa shape index (κ1) is 23.4. The van der Waals surface area contributed by atoms with E-state index >= 15 is 0 Å². The fourth-order valence-corrected chi connectivity index (χ4v) is 3.14. The summed E-state index contributed by atoms with van der Waals surface area (Å²) in [6.07, 6.45) is -0.928. The lowest BCUT2D eigenvalue weighted by molar-refractivity contribution is 0.0450. The molecule has 1 aromatic heterocycles. The fraction of sp³-hybridized carbons (Fsp3) is 0.111. The fourth-order valence-electron chi connectivity index (χ4n) is 3.14. The van der Waals surface area contributed by atoms with Crippen LogP contribution in [0, 0.1) is 0 Å². The van der Waals surface area contributed by atoms with Gasteiger partial charge in [0.2, 0.25) is 0 Å². The zero-order chi connectivity index (χ0) is 24.5. The van der Waals surface area contributed by atoms with Crippen LogP contribution in [0.3, 0.4) is 0 Å². The molecule has 0 bridgehead atoms. The van der Waals surface area contributed by atoms with Gasteiger partial charge in [-0.1, -0.05) is 91.0 Å². The first-order valence-electron chi connectivity index (χ1n) is 10.8. The van der Waals surface area contributed by atoms with Gasteiger partial charge in [0.25, 0.3) is 0 Å². The van der Waals surface area contributed by atoms with Crippen LogP contribution in [0.25, 0.3) is 0 Å². The zero-order valence-corrected chi connectivity index (χ0v) is 18.7. The van der Waals surface area contributed by atoms with Crippen LogP contribution in [0.4, 0.5) is 4.79 Å². The Morgan fingerprint density at radius 2 is 1.03 bits per heavy atom. The van der Waals surface area contributed by atoms with E-state index in [0.29, 0.717) is 0 Å². The maximum atomic E-state index is 12.8. The number of ether oxygens (including phenoxy) is 3. The van der Waals surface area contributed by atoms with Crippen LogP contribution in [0.1, 0.15) is 37.7 Å². The quantitative estimate of drug-likeness (QED) is 0.270. The highest BCUT2D eigenvalue weighted by Crippen LogP contribution is 2.13. The van der Waals surface area contributed by atoms with Crippen molar-refractivity contribution in [2.24, 2.45) is 0 Å². The van der Waals surface area contributed by atoms with Crippen molar-refractivity contribution < 1.29 is 28.6 Å². The summed E-state index contributed by atoms with van der Waals surface area (Å²) in [5.74, 6) is -1.62. The Hall–Kier alpha value is -4.72. The average molecular weight is 470 g/mol. The number of esters is 2. The molecule has 1 heterocycles. The summed E-state index contributed by atoms with van der Waals surface area (Å²) >= 11 is 0. The van der Waals surface area contributed by atoms with Gasteiger partial charge in [0.15, 0.2) is 11.4 Å². The second-order valence-corrected chi connectivity index (χ2v) is 7.49. The lowest BCUT2D eigenvalue weighted by atomic mass is 10.2. The molecule has 4 aromatic rings. The molecule has 0 unspecified atom stereocenters. The number of carbonyl (C=O) groups is 3. The molecule has 0 aliphatic heterocycles. The molecule has 8 nitrogen and oxygen atoms in total. The van der Waals surface area contributed by atoms with E-state index < -0.39 is 18.0 Å². The number of carbonyl (C=O) groups excluding carboxylic acids is 3. The van der Waals surface area contributed by atoms with E-state index in [1.165, 1.54) is 0 Å². The Morgan fingerprint density at radius 3 is 1.51 bits per heavy atom. The normalized spacial score (nSPS) is 10.4. The lowest BCUT2D eigenvalue weighted by Crippen LogP contribution is -2.21. The molecule has 0 fully saturated rings. The maximum absolute atomic E-state index is 12.8. The molecule has 8 heteroatoms. The molecular formula is C27H22N2O6. The molecule has 0 spiro atoms. The smallest absolute Gasteiger partial charge is 0.435 e. The van der Waals surface area contributed by atoms with Gasteiger partial charge in [-0.05, 0) is 16.7 Å². The van der Waals surface area contributed by atoms with Crippen LogP contribution in [0.2, 0.25) is 0 Å². The van der Waals surface area contributed by atoms with Crippen LogP contribution in [0.15, 0.2) is 97.1 Å². The molecule has 3 aromatic carbocycles. The minimum atomic E-state index is -0.928. The summed E-state index contributed by atoms with van der Waals surface area (Å²) in [6, 6.07) is 28.4. The third-order valence-electron chi connectivity index (χ3n) is 4.93. The Morgan fingerprint density at radius 1 is 0.600 bits per heavy atom. The van der Waals surface area contributed by atoms with Crippen molar-refractivity contribution in [1.29, 1.82) is 0 Å². The number of aromatic nitrogens is 2. The van der Waals surface area contributed by atoms with Gasteiger partial charge >= 0.3 is 18.0 Å². The van der Waals surface area contributed by atoms with E-state index in [2.05, 4.69) is 5.10 Å². The molecule has 0 aliphatic rings. The van der Waals surface area contributed by atoms with E-state index in [-0.39, 0.29) is 31.2 Å². The van der Waals surface area contributed by atoms with Gasteiger partial charge in [-0.3, -0.25) is 0 Å². The van der Waals surface area contributed by atoms with E-state index in [1.807, 2.05) is 54.6 Å². The van der Waals surface area contributed by atoms with Crippen molar-refractivity contribution in [3.05, 3.63) is 125 Å². The first-order chi connectivity index (χ1) is 17.1. The summed E-state index contributed by atoms with van der Waals surface area (Å²) in [5, 5.41) is 3.98. The molecular weight excluding hydrogens is 448 g/mol. The number of hydrogen-bond donors (Lipinski definition) is 0. The Kier molecular flexibility index (Phi) is 7.65. The second kappa shape index (κ2) is 11.4. The maximum Gasteiger partial charge on any atom is 0.435 e.